The van der Waals surface area contributed by atoms with Crippen molar-refractivity contribution in [2.45, 2.75) is 25.5 Å². The highest BCUT2D eigenvalue weighted by Crippen LogP contribution is 2.18. The zero-order valence-electron chi connectivity index (χ0n) is 8.65. The van der Waals surface area contributed by atoms with E-state index in [1.54, 1.807) is 6.92 Å². The molecule has 0 saturated carbocycles. The third-order valence-corrected chi connectivity index (χ3v) is 3.43. The van der Waals surface area contributed by atoms with Crippen LogP contribution in [0.15, 0.2) is 0 Å². The minimum atomic E-state index is -0.824. The second-order valence-electron chi connectivity index (χ2n) is 2.99. The smallest absolute Gasteiger partial charge is 0.316 e. The molecule has 0 aromatic heterocycles. The zero-order valence-corrected chi connectivity index (χ0v) is 9.47. The third-order valence-electron chi connectivity index (χ3n) is 1.80. The summed E-state index contributed by atoms with van der Waals surface area (Å²) in [6, 6.07) is 0. The molecule has 0 aromatic rings. The van der Waals surface area contributed by atoms with Crippen LogP contribution >= 0.6 is 11.8 Å². The zero-order chi connectivity index (χ0) is 11.1. The van der Waals surface area contributed by atoms with E-state index in [1.165, 1.54) is 18.9 Å². The number of aliphatic carboxylic acids is 1. The highest BCUT2D eigenvalue weighted by atomic mass is 32.2. The highest BCUT2D eigenvalue weighted by molar-refractivity contribution is 8.00. The molecule has 4 nitrogen and oxygen atoms in total. The number of esters is 1. The molecule has 0 aliphatic carbocycles. The van der Waals surface area contributed by atoms with Gasteiger partial charge in [0, 0.05) is 5.75 Å². The summed E-state index contributed by atoms with van der Waals surface area (Å²) in [5.41, 5.74) is 0. The summed E-state index contributed by atoms with van der Waals surface area (Å²) in [5.74, 6) is -0.886. The number of hydrogen-bond acceptors (Lipinski definition) is 4. The Balaban J connectivity index is 3.91. The fourth-order valence-corrected chi connectivity index (χ4v) is 1.93. The Hall–Kier alpha value is -0.710. The summed E-state index contributed by atoms with van der Waals surface area (Å²) in [4.78, 5) is 21.6. The van der Waals surface area contributed by atoms with Crippen molar-refractivity contribution in [2.75, 3.05) is 12.9 Å². The first kappa shape index (κ1) is 13.3. The second kappa shape index (κ2) is 6.70. The summed E-state index contributed by atoms with van der Waals surface area (Å²) in [6.07, 6.45) is 0.563. The molecule has 1 N–H and O–H groups in total. The number of carboxylic acid groups (broad SMARTS) is 1. The van der Waals surface area contributed by atoms with Crippen LogP contribution in [0.4, 0.5) is 0 Å². The maximum Gasteiger partial charge on any atom is 0.316 e. The van der Waals surface area contributed by atoms with E-state index in [-0.39, 0.29) is 11.9 Å². The van der Waals surface area contributed by atoms with E-state index in [2.05, 4.69) is 4.74 Å². The van der Waals surface area contributed by atoms with E-state index < -0.39 is 11.2 Å². The molecule has 0 aromatic carbocycles. The van der Waals surface area contributed by atoms with Gasteiger partial charge in [0.2, 0.25) is 0 Å². The summed E-state index contributed by atoms with van der Waals surface area (Å²) >= 11 is 1.28. The third kappa shape index (κ3) is 4.50. The van der Waals surface area contributed by atoms with E-state index in [9.17, 15) is 9.59 Å². The van der Waals surface area contributed by atoms with Crippen LogP contribution in [0.3, 0.4) is 0 Å². The highest BCUT2D eigenvalue weighted by Gasteiger charge is 2.19. The maximum atomic E-state index is 11.0. The van der Waals surface area contributed by atoms with E-state index in [0.717, 1.165) is 0 Å². The van der Waals surface area contributed by atoms with E-state index in [4.69, 9.17) is 5.11 Å². The molecule has 0 aliphatic rings. The van der Waals surface area contributed by atoms with Gasteiger partial charge in [0.1, 0.15) is 5.25 Å². The van der Waals surface area contributed by atoms with Crippen LogP contribution < -0.4 is 0 Å². The Morgan fingerprint density at radius 2 is 2.07 bits per heavy atom. The van der Waals surface area contributed by atoms with Gasteiger partial charge in [-0.1, -0.05) is 13.8 Å². The van der Waals surface area contributed by atoms with Gasteiger partial charge in [0.05, 0.1) is 13.0 Å². The number of carboxylic acids is 1. The fourth-order valence-electron chi connectivity index (χ4n) is 0.893. The van der Waals surface area contributed by atoms with Gasteiger partial charge in [-0.15, -0.1) is 11.8 Å². The van der Waals surface area contributed by atoms with Gasteiger partial charge in [0.25, 0.3) is 0 Å². The molecule has 0 amide bonds. The topological polar surface area (TPSA) is 63.6 Å². The molecule has 82 valence electrons. The van der Waals surface area contributed by atoms with Crippen molar-refractivity contribution in [3.05, 3.63) is 0 Å². The van der Waals surface area contributed by atoms with Gasteiger partial charge in [-0.05, 0) is 6.42 Å². The van der Waals surface area contributed by atoms with Crippen LogP contribution in [0.25, 0.3) is 0 Å². The number of ether oxygens (including phenoxy) is 1. The molecule has 0 radical (unpaired) electrons. The first-order valence-corrected chi connectivity index (χ1v) is 5.50. The van der Waals surface area contributed by atoms with Crippen LogP contribution in [0, 0.1) is 5.92 Å². The molecule has 0 bridgehead atoms. The molecule has 5 heteroatoms. The van der Waals surface area contributed by atoms with Crippen molar-refractivity contribution in [1.82, 2.24) is 0 Å². The van der Waals surface area contributed by atoms with Crippen molar-refractivity contribution in [3.8, 4) is 0 Å². The maximum absolute atomic E-state index is 11.0. The van der Waals surface area contributed by atoms with Gasteiger partial charge in [-0.3, -0.25) is 9.59 Å². The molecule has 2 unspecified atom stereocenters. The summed E-state index contributed by atoms with van der Waals surface area (Å²) < 4.78 is 4.54. The van der Waals surface area contributed by atoms with Crippen molar-refractivity contribution < 1.29 is 19.4 Å². The minimum absolute atomic E-state index is 0.251. The number of rotatable bonds is 6. The monoisotopic (exact) mass is 220 g/mol. The van der Waals surface area contributed by atoms with Crippen molar-refractivity contribution in [1.29, 1.82) is 0 Å². The standard InChI is InChI=1S/C9H16O4S/c1-4-7(8(10)11)14-5-6(2)9(12)13-3/h6-7H,4-5H2,1-3H3,(H,10,11). The number of methoxy groups -OCH3 is 1. The average molecular weight is 220 g/mol. The minimum Gasteiger partial charge on any atom is -0.480 e. The van der Waals surface area contributed by atoms with Gasteiger partial charge in [-0.2, -0.15) is 0 Å². The normalized spacial score (nSPS) is 14.5. The Bertz CT molecular complexity index is 205. The SMILES string of the molecule is CCC(SCC(C)C(=O)OC)C(=O)O. The lowest BCUT2D eigenvalue weighted by atomic mass is 10.2. The number of carbonyl (C=O) groups excluding carboxylic acids is 1. The molecule has 0 spiro atoms. The number of carbonyl (C=O) groups is 2. The van der Waals surface area contributed by atoms with Gasteiger partial charge in [-0.25, -0.2) is 0 Å². The second-order valence-corrected chi connectivity index (χ2v) is 4.23. The van der Waals surface area contributed by atoms with Gasteiger partial charge >= 0.3 is 11.9 Å². The van der Waals surface area contributed by atoms with Gasteiger partial charge in [0.15, 0.2) is 0 Å². The van der Waals surface area contributed by atoms with Crippen molar-refractivity contribution in [2.24, 2.45) is 5.92 Å². The predicted molar refractivity (Wildman–Crippen MR) is 55.4 cm³/mol. The Morgan fingerprint density at radius 1 is 1.50 bits per heavy atom. The van der Waals surface area contributed by atoms with Crippen LogP contribution in [0.2, 0.25) is 0 Å². The lowest BCUT2D eigenvalue weighted by molar-refractivity contribution is -0.144. The Morgan fingerprint density at radius 3 is 2.43 bits per heavy atom. The number of thioether (sulfide) groups is 1. The van der Waals surface area contributed by atoms with E-state index in [0.29, 0.717) is 12.2 Å². The van der Waals surface area contributed by atoms with E-state index in [1.807, 2.05) is 6.92 Å². The summed E-state index contributed by atoms with van der Waals surface area (Å²) in [5, 5.41) is 8.32. The van der Waals surface area contributed by atoms with Crippen molar-refractivity contribution >= 4 is 23.7 Å². The lowest BCUT2D eigenvalue weighted by Crippen LogP contribution is -2.20. The first-order valence-electron chi connectivity index (χ1n) is 4.45. The molecular weight excluding hydrogens is 204 g/mol. The molecule has 0 heterocycles. The Kier molecular flexibility index (Phi) is 6.36. The molecular formula is C9H16O4S. The van der Waals surface area contributed by atoms with Crippen molar-refractivity contribution in [3.63, 3.8) is 0 Å². The van der Waals surface area contributed by atoms with E-state index >= 15 is 0 Å². The molecule has 0 rings (SSSR count). The lowest BCUT2D eigenvalue weighted by Gasteiger charge is -2.12. The summed E-state index contributed by atoms with van der Waals surface area (Å²) in [7, 11) is 1.33. The molecule has 0 saturated heterocycles. The van der Waals surface area contributed by atoms with Gasteiger partial charge < -0.3 is 9.84 Å². The molecule has 0 fully saturated rings. The quantitative estimate of drug-likeness (QED) is 0.685. The molecule has 0 aliphatic heterocycles. The number of hydrogen-bond donors (Lipinski definition) is 1. The van der Waals surface area contributed by atoms with Crippen LogP contribution in [0.5, 0.6) is 0 Å². The van der Waals surface area contributed by atoms with Crippen LogP contribution in [-0.4, -0.2) is 35.2 Å². The largest absolute Gasteiger partial charge is 0.480 e. The fraction of sp³-hybridized carbons (Fsp3) is 0.778. The predicted octanol–water partition coefficient (Wildman–Crippen LogP) is 1.39. The molecule has 14 heavy (non-hydrogen) atoms. The summed E-state index contributed by atoms with van der Waals surface area (Å²) in [6.45, 7) is 3.54. The molecule has 2 atom stereocenters. The van der Waals surface area contributed by atoms with Crippen LogP contribution in [0.1, 0.15) is 20.3 Å². The Labute approximate surface area is 88.0 Å². The average Bonchev–Trinajstić information content (AvgIpc) is 2.16. The van der Waals surface area contributed by atoms with Crippen LogP contribution in [-0.2, 0) is 14.3 Å². The first-order chi connectivity index (χ1) is 6.52.